The van der Waals surface area contributed by atoms with Gasteiger partial charge in [-0.25, -0.2) is 0 Å². The number of nitrogens with two attached hydrogens (primary N) is 1. The van der Waals surface area contributed by atoms with Crippen molar-refractivity contribution >= 4 is 43.2 Å². The minimum Gasteiger partial charge on any atom is -0.399 e. The lowest BCUT2D eigenvalue weighted by molar-refractivity contribution is -0.150. The van der Waals surface area contributed by atoms with Gasteiger partial charge in [0.1, 0.15) is 0 Å². The number of carbonyl (C=O) groups excluding carboxylic acids is 3. The van der Waals surface area contributed by atoms with Crippen LogP contribution >= 0.6 is 0 Å². The average molecular weight is 645 g/mol. The number of nitrogens with one attached hydrogen (secondary N) is 1. The van der Waals surface area contributed by atoms with Crippen molar-refractivity contribution in [2.45, 2.75) is 69.1 Å². The molecule has 1 spiro atoms. The molecule has 0 unspecified atom stereocenters. The van der Waals surface area contributed by atoms with Gasteiger partial charge in [0.2, 0.25) is 14.3 Å². The van der Waals surface area contributed by atoms with E-state index in [0.717, 1.165) is 12.0 Å². The van der Waals surface area contributed by atoms with Crippen LogP contribution in [0.3, 0.4) is 0 Å². The van der Waals surface area contributed by atoms with Gasteiger partial charge < -0.3 is 34.8 Å². The molecule has 2 fully saturated rings. The van der Waals surface area contributed by atoms with E-state index >= 15 is 4.11 Å². The second kappa shape index (κ2) is 12.3. The summed E-state index contributed by atoms with van der Waals surface area (Å²) >= 11 is 0. The largest absolute Gasteiger partial charge is 0.399 e. The van der Waals surface area contributed by atoms with Crippen molar-refractivity contribution < 1.29 is 28.3 Å². The van der Waals surface area contributed by atoms with Crippen LogP contribution in [-0.2, 0) is 26.5 Å². The molecule has 0 saturated carbocycles. The first kappa shape index (κ1) is 31.9. The predicted octanol–water partition coefficient (Wildman–Crippen LogP) is 5.22. The Morgan fingerprint density at radius 2 is 1.83 bits per heavy atom. The van der Waals surface area contributed by atoms with E-state index < -0.39 is 31.6 Å². The lowest BCUT2D eigenvalue weighted by Crippen LogP contribution is -2.45. The van der Waals surface area contributed by atoms with Gasteiger partial charge in [-0.15, -0.1) is 0 Å². The number of carbonyl (C=O) groups is 3. The zero-order valence-corrected chi connectivity index (χ0v) is 27.4. The van der Waals surface area contributed by atoms with Crippen molar-refractivity contribution in [3.8, 4) is 0 Å². The van der Waals surface area contributed by atoms with Gasteiger partial charge in [-0.2, -0.15) is 0 Å². The van der Waals surface area contributed by atoms with E-state index in [9.17, 15) is 19.5 Å². The van der Waals surface area contributed by atoms with Gasteiger partial charge in [0.15, 0.2) is 5.60 Å². The minimum atomic E-state index is -3.51. The third-order valence-electron chi connectivity index (χ3n) is 9.86. The average Bonchev–Trinajstić information content (AvgIpc) is 3.68. The van der Waals surface area contributed by atoms with Crippen molar-refractivity contribution in [1.82, 2.24) is 4.90 Å². The number of aliphatic hydroxyl groups is 1. The van der Waals surface area contributed by atoms with Crippen molar-refractivity contribution in [2.75, 3.05) is 29.1 Å². The highest BCUT2D eigenvalue weighted by molar-refractivity contribution is 6.72. The summed E-state index contributed by atoms with van der Waals surface area (Å²) in [5, 5.41) is 12.8. The van der Waals surface area contributed by atoms with Crippen LogP contribution in [0.2, 0.25) is 18.6 Å². The zero-order chi connectivity index (χ0) is 32.8. The summed E-state index contributed by atoms with van der Waals surface area (Å²) in [6.45, 7) is 5.73. The van der Waals surface area contributed by atoms with Crippen LogP contribution in [0, 0.1) is 5.92 Å². The molecule has 3 aromatic rings. The van der Waals surface area contributed by atoms with Gasteiger partial charge in [0.05, 0.1) is 37.4 Å². The Labute approximate surface area is 269 Å². The van der Waals surface area contributed by atoms with Gasteiger partial charge in [-0.3, -0.25) is 14.4 Å². The van der Waals surface area contributed by atoms with E-state index in [2.05, 4.69) is 5.32 Å². The summed E-state index contributed by atoms with van der Waals surface area (Å²) in [5.74, 6) is -1.46. The molecule has 0 bridgehead atoms. The molecule has 4 N–H and O–H groups in total. The fourth-order valence-corrected chi connectivity index (χ4v) is 10.2. The molecule has 9 nitrogen and oxygen atoms in total. The Bertz CT molecular complexity index is 1630. The predicted molar refractivity (Wildman–Crippen MR) is 177 cm³/mol. The Kier molecular flexibility index (Phi) is 8.51. The van der Waals surface area contributed by atoms with Gasteiger partial charge in [0, 0.05) is 40.5 Å². The fraction of sp³-hybridized carbons (Fsp3) is 0.400. The highest BCUT2D eigenvalue weighted by Crippen LogP contribution is 2.60. The summed E-state index contributed by atoms with van der Waals surface area (Å²) in [5.41, 5.74) is 7.08. The van der Waals surface area contributed by atoms with E-state index in [1.54, 1.807) is 65.4 Å². The number of hydrogen-bond acceptors (Lipinski definition) is 6. The molecule has 0 aromatic heterocycles. The van der Waals surface area contributed by atoms with Gasteiger partial charge in [-0.1, -0.05) is 37.3 Å². The van der Waals surface area contributed by atoms with Gasteiger partial charge in [-0.05, 0) is 74.0 Å². The molecule has 0 radical (unpaired) electrons. The molecule has 5 atom stereocenters. The molecule has 11 heteroatoms. The van der Waals surface area contributed by atoms with Gasteiger partial charge >= 0.3 is 0 Å². The smallest absolute Gasteiger partial charge is 0.264 e. The maximum atomic E-state index is 16.3. The van der Waals surface area contributed by atoms with E-state index in [-0.39, 0.29) is 43.3 Å². The molecule has 3 amide bonds. The molecule has 6 rings (SSSR count). The molecular formula is C35H41FN4O5Si. The normalized spacial score (nSPS) is 25.7. The zero-order valence-electron chi connectivity index (χ0n) is 26.4. The monoisotopic (exact) mass is 644 g/mol. The number of rotatable bonds is 8. The number of likely N-dealkylation sites (tertiary alicyclic amines) is 1. The van der Waals surface area contributed by atoms with Crippen molar-refractivity contribution in [2.24, 2.45) is 5.92 Å². The molecule has 3 heterocycles. The van der Waals surface area contributed by atoms with Crippen LogP contribution in [0.15, 0.2) is 72.8 Å². The molecule has 3 aliphatic rings. The number of nitrogens with zero attached hydrogens (tertiary/aromatic N) is 2. The first-order chi connectivity index (χ1) is 21.9. The van der Waals surface area contributed by atoms with Crippen LogP contribution in [0.25, 0.3) is 0 Å². The molecule has 3 aliphatic heterocycles. The number of aliphatic hydroxyl groups excluding tert-OH is 1. The highest BCUT2D eigenvalue weighted by atomic mass is 28.4. The minimum absolute atomic E-state index is 0.0809. The van der Waals surface area contributed by atoms with Crippen molar-refractivity contribution in [1.29, 1.82) is 0 Å². The Morgan fingerprint density at radius 1 is 1.11 bits per heavy atom. The number of halogens is 1. The number of ether oxygens (including phenoxy) is 1. The molecule has 46 heavy (non-hydrogen) atoms. The van der Waals surface area contributed by atoms with Crippen molar-refractivity contribution in [3.63, 3.8) is 0 Å². The van der Waals surface area contributed by atoms with Crippen LogP contribution in [0.1, 0.15) is 47.7 Å². The van der Waals surface area contributed by atoms with Crippen LogP contribution in [0.4, 0.5) is 21.2 Å². The second-order valence-electron chi connectivity index (χ2n) is 13.2. The summed E-state index contributed by atoms with van der Waals surface area (Å²) in [4.78, 5) is 44.8. The molecule has 2 saturated heterocycles. The SMILES string of the molecule is C[C@H]1[C@H]([Si](C)(C)F)[C@@H](CC(=O)N2CCC[C@H]2CO)O[C@]12C(=O)N(Cc1ccccc1)c1ccc(NC(=O)c3ccc(N)cc3)cc12. The first-order valence-corrected chi connectivity index (χ1v) is 18.8. The number of benzene rings is 3. The summed E-state index contributed by atoms with van der Waals surface area (Å²) in [6, 6.07) is 21.2. The molecular weight excluding hydrogens is 603 g/mol. The highest BCUT2D eigenvalue weighted by Gasteiger charge is 2.67. The van der Waals surface area contributed by atoms with Crippen molar-refractivity contribution in [3.05, 3.63) is 89.5 Å². The number of nitrogen functional groups attached to an aromatic ring is 1. The maximum absolute atomic E-state index is 16.3. The second-order valence-corrected chi connectivity index (χ2v) is 17.0. The summed E-state index contributed by atoms with van der Waals surface area (Å²) < 4.78 is 23.1. The Morgan fingerprint density at radius 3 is 2.50 bits per heavy atom. The number of anilines is 3. The van der Waals surface area contributed by atoms with Gasteiger partial charge in [0.25, 0.3) is 11.8 Å². The Hall–Kier alpha value is -4.06. The van der Waals surface area contributed by atoms with Crippen LogP contribution in [0.5, 0.6) is 0 Å². The molecule has 0 aliphatic carbocycles. The van der Waals surface area contributed by atoms with E-state index in [4.69, 9.17) is 10.5 Å². The van der Waals surface area contributed by atoms with E-state index in [0.29, 0.717) is 41.2 Å². The summed E-state index contributed by atoms with van der Waals surface area (Å²) in [7, 11) is -3.51. The third-order valence-corrected chi connectivity index (χ3v) is 12.3. The lowest BCUT2D eigenvalue weighted by atomic mass is 9.82. The summed E-state index contributed by atoms with van der Waals surface area (Å²) in [6.07, 6.45) is 0.589. The number of hydrogen-bond donors (Lipinski definition) is 3. The molecule has 3 aromatic carbocycles. The maximum Gasteiger partial charge on any atom is 0.264 e. The standard InChI is InChI=1S/C35H41FN4O5Si/c1-22-32(46(2,3)36)30(19-31(42)39-17-7-10-27(39)21-41)45-35(22)28-18-26(38-33(43)24-11-13-25(37)14-12-24)15-16-29(28)40(34(35)44)20-23-8-5-4-6-9-23/h4-6,8-9,11-16,18,22,27,30,32,41H,7,10,17,19-21,37H2,1-3H3,(H,38,43)/t22-,27-,30+,32-,35+/m0/s1. The lowest BCUT2D eigenvalue weighted by Gasteiger charge is -2.31. The quantitative estimate of drug-likeness (QED) is 0.176. The fourth-order valence-electron chi connectivity index (χ4n) is 7.73. The Balaban J connectivity index is 1.40. The number of fused-ring (bicyclic) bond motifs is 2. The van der Waals surface area contributed by atoms with E-state index in [1.807, 2.05) is 37.3 Å². The van der Waals surface area contributed by atoms with Crippen LogP contribution in [-0.4, -0.2) is 61.4 Å². The van der Waals surface area contributed by atoms with Crippen LogP contribution < -0.4 is 16.0 Å². The molecule has 242 valence electrons. The topological polar surface area (TPSA) is 125 Å². The first-order valence-electron chi connectivity index (χ1n) is 15.9. The third kappa shape index (κ3) is 5.60. The van der Waals surface area contributed by atoms with E-state index in [1.165, 1.54) is 0 Å². The number of amides is 3.